The number of nitrogens with one attached hydrogen (secondary N) is 2. The van der Waals surface area contributed by atoms with Gasteiger partial charge < -0.3 is 15.4 Å². The summed E-state index contributed by atoms with van der Waals surface area (Å²) in [4.78, 5) is 26.3. The number of rotatable bonds is 7. The van der Waals surface area contributed by atoms with Crippen LogP contribution in [0.25, 0.3) is 0 Å². The number of benzene rings is 1. The van der Waals surface area contributed by atoms with Gasteiger partial charge in [0.05, 0.1) is 17.6 Å². The minimum atomic E-state index is -0.910. The van der Waals surface area contributed by atoms with Crippen molar-refractivity contribution in [1.29, 1.82) is 0 Å². The molecule has 4 atom stereocenters. The van der Waals surface area contributed by atoms with Crippen molar-refractivity contribution in [2.24, 2.45) is 29.1 Å². The van der Waals surface area contributed by atoms with Crippen molar-refractivity contribution in [3.63, 3.8) is 0 Å². The number of carbonyl (C=O) groups is 2. The minimum absolute atomic E-state index is 0.00856. The Balaban J connectivity index is 1.27. The molecule has 0 unspecified atom stereocenters. The van der Waals surface area contributed by atoms with E-state index in [1.165, 1.54) is 12.5 Å². The van der Waals surface area contributed by atoms with Gasteiger partial charge in [0, 0.05) is 18.7 Å². The summed E-state index contributed by atoms with van der Waals surface area (Å²) < 4.78 is 35.0. The summed E-state index contributed by atoms with van der Waals surface area (Å²) in [5, 5.41) is 6.10. The van der Waals surface area contributed by atoms with Crippen molar-refractivity contribution >= 4 is 11.8 Å². The smallest absolute Gasteiger partial charge is 0.254 e. The van der Waals surface area contributed by atoms with E-state index in [2.05, 4.69) is 24.5 Å². The molecule has 4 fully saturated rings. The van der Waals surface area contributed by atoms with Gasteiger partial charge in [-0.2, -0.15) is 0 Å². The minimum Gasteiger partial charge on any atom is -0.487 e. The van der Waals surface area contributed by atoms with E-state index in [1.54, 1.807) is 0 Å². The molecule has 1 aromatic rings. The Hall–Kier alpha value is -2.18. The first-order valence-corrected chi connectivity index (χ1v) is 13.5. The summed E-state index contributed by atoms with van der Waals surface area (Å²) in [6.45, 7) is 5.04. The predicted molar refractivity (Wildman–Crippen MR) is 129 cm³/mol. The topological polar surface area (TPSA) is 67.4 Å². The highest BCUT2D eigenvalue weighted by molar-refractivity contribution is 5.95. The molecule has 5 rings (SSSR count). The number of halogens is 2. The lowest BCUT2D eigenvalue weighted by Gasteiger charge is -2.39. The van der Waals surface area contributed by atoms with E-state index in [1.807, 2.05) is 0 Å². The van der Waals surface area contributed by atoms with Crippen LogP contribution in [0.3, 0.4) is 0 Å². The summed E-state index contributed by atoms with van der Waals surface area (Å²) in [6.07, 6.45) is 9.82. The zero-order valence-corrected chi connectivity index (χ0v) is 20.9. The molecule has 2 N–H and O–H groups in total. The van der Waals surface area contributed by atoms with Crippen molar-refractivity contribution in [1.82, 2.24) is 10.6 Å². The van der Waals surface area contributed by atoms with Crippen LogP contribution in [0.2, 0.25) is 0 Å². The van der Waals surface area contributed by atoms with Crippen molar-refractivity contribution in [3.05, 3.63) is 29.3 Å². The molecule has 0 heterocycles. The van der Waals surface area contributed by atoms with Crippen LogP contribution in [0.1, 0.15) is 88.4 Å². The third-order valence-electron chi connectivity index (χ3n) is 9.29. The molecule has 0 saturated heterocycles. The fourth-order valence-corrected chi connectivity index (χ4v) is 6.80. The van der Waals surface area contributed by atoms with Crippen molar-refractivity contribution in [2.45, 2.75) is 90.2 Å². The van der Waals surface area contributed by atoms with Crippen LogP contribution in [-0.2, 0) is 4.79 Å². The Morgan fingerprint density at radius 1 is 1.03 bits per heavy atom. The molecule has 4 aliphatic rings. The second kappa shape index (κ2) is 9.70. The second-order valence-electron chi connectivity index (χ2n) is 12.0. The lowest BCUT2D eigenvalue weighted by molar-refractivity contribution is -0.128. The van der Waals surface area contributed by atoms with Gasteiger partial charge in [-0.3, -0.25) is 9.59 Å². The van der Waals surface area contributed by atoms with Gasteiger partial charge in [-0.15, -0.1) is 0 Å². The normalized spacial score (nSPS) is 33.1. The Morgan fingerprint density at radius 2 is 1.74 bits per heavy atom. The van der Waals surface area contributed by atoms with Crippen LogP contribution in [-0.4, -0.2) is 30.5 Å². The third kappa shape index (κ3) is 5.05. The Morgan fingerprint density at radius 3 is 2.43 bits per heavy atom. The molecule has 2 bridgehead atoms. The fraction of sp³-hybridized carbons (Fsp3) is 0.714. The van der Waals surface area contributed by atoms with Crippen LogP contribution < -0.4 is 15.4 Å². The van der Waals surface area contributed by atoms with Gasteiger partial charge in [0.1, 0.15) is 5.82 Å². The summed E-state index contributed by atoms with van der Waals surface area (Å²) >= 11 is 0. The van der Waals surface area contributed by atoms with Crippen LogP contribution >= 0.6 is 0 Å². The first-order chi connectivity index (χ1) is 16.7. The fourth-order valence-electron chi connectivity index (χ4n) is 6.80. The maximum absolute atomic E-state index is 14.7. The van der Waals surface area contributed by atoms with Crippen molar-refractivity contribution in [3.8, 4) is 5.75 Å². The van der Waals surface area contributed by atoms with Gasteiger partial charge in [0.25, 0.3) is 5.91 Å². The number of amides is 2. The molecule has 2 amide bonds. The molecule has 0 aromatic heterocycles. The van der Waals surface area contributed by atoms with E-state index < -0.39 is 17.5 Å². The van der Waals surface area contributed by atoms with Gasteiger partial charge >= 0.3 is 0 Å². The zero-order chi connectivity index (χ0) is 24.7. The predicted octanol–water partition coefficient (Wildman–Crippen LogP) is 5.37. The molecule has 4 aliphatic carbocycles. The summed E-state index contributed by atoms with van der Waals surface area (Å²) in [5.74, 6) is -1.62. The quantitative estimate of drug-likeness (QED) is 0.542. The molecule has 4 saturated carbocycles. The summed E-state index contributed by atoms with van der Waals surface area (Å²) in [5.41, 5.74) is -0.0507. The SMILES string of the molecule is CC1CCC(Oc2cc(C(=O)N[C@@H]3[C@H]4CC[C@H](C4)[C@@H]3C(=O)NCC3(C)CCC3)c(F)cc2F)CC1. The number of hydrogen-bond acceptors (Lipinski definition) is 3. The van der Waals surface area contributed by atoms with E-state index in [0.29, 0.717) is 12.5 Å². The van der Waals surface area contributed by atoms with E-state index in [4.69, 9.17) is 4.74 Å². The summed E-state index contributed by atoms with van der Waals surface area (Å²) in [6, 6.07) is 1.60. The molecule has 0 spiro atoms. The van der Waals surface area contributed by atoms with Crippen molar-refractivity contribution < 1.29 is 23.1 Å². The largest absolute Gasteiger partial charge is 0.487 e. The number of carbonyl (C=O) groups excluding carboxylic acids is 2. The summed E-state index contributed by atoms with van der Waals surface area (Å²) in [7, 11) is 0. The van der Waals surface area contributed by atoms with E-state index in [-0.39, 0.29) is 52.5 Å². The molecule has 192 valence electrons. The number of ether oxygens (including phenoxy) is 1. The average molecular weight is 489 g/mol. The van der Waals surface area contributed by atoms with Crippen LogP contribution in [0.15, 0.2) is 12.1 Å². The Labute approximate surface area is 206 Å². The molecule has 5 nitrogen and oxygen atoms in total. The van der Waals surface area contributed by atoms with Crippen molar-refractivity contribution in [2.75, 3.05) is 6.54 Å². The van der Waals surface area contributed by atoms with E-state index in [0.717, 1.165) is 63.9 Å². The van der Waals surface area contributed by atoms with Gasteiger partial charge in [-0.05, 0) is 87.0 Å². The molecule has 7 heteroatoms. The van der Waals surface area contributed by atoms with Gasteiger partial charge in [0.2, 0.25) is 5.91 Å². The monoisotopic (exact) mass is 488 g/mol. The van der Waals surface area contributed by atoms with Gasteiger partial charge in [0.15, 0.2) is 11.6 Å². The van der Waals surface area contributed by atoms with E-state index >= 15 is 0 Å². The van der Waals surface area contributed by atoms with Gasteiger partial charge in [-0.25, -0.2) is 8.78 Å². The number of hydrogen-bond donors (Lipinski definition) is 2. The van der Waals surface area contributed by atoms with Crippen LogP contribution in [0, 0.1) is 40.7 Å². The van der Waals surface area contributed by atoms with E-state index in [9.17, 15) is 18.4 Å². The highest BCUT2D eigenvalue weighted by atomic mass is 19.1. The standard InChI is InChI=1S/C28H38F2N2O3/c1-16-4-8-19(9-5-16)35-23-13-20(21(29)14-22(23)30)26(33)32-25-18-7-6-17(12-18)24(25)27(34)31-15-28(2)10-3-11-28/h13-14,16-19,24-25H,3-12,15H2,1-2H3,(H,31,34)(H,32,33)/t16?,17-,18+,19?,24+,25-/m1/s1. The molecular weight excluding hydrogens is 450 g/mol. The first-order valence-electron chi connectivity index (χ1n) is 13.5. The van der Waals surface area contributed by atoms with Crippen LogP contribution in [0.4, 0.5) is 8.78 Å². The molecule has 0 aliphatic heterocycles. The highest BCUT2D eigenvalue weighted by Gasteiger charge is 2.51. The molecule has 0 radical (unpaired) electrons. The lowest BCUT2D eigenvalue weighted by Crippen LogP contribution is -2.51. The lowest BCUT2D eigenvalue weighted by atomic mass is 9.70. The maximum atomic E-state index is 14.7. The van der Waals surface area contributed by atoms with Crippen LogP contribution in [0.5, 0.6) is 5.75 Å². The third-order valence-corrected chi connectivity index (χ3v) is 9.29. The van der Waals surface area contributed by atoms with Gasteiger partial charge in [-0.1, -0.05) is 20.3 Å². The zero-order valence-electron chi connectivity index (χ0n) is 20.9. The molecule has 1 aromatic carbocycles. The highest BCUT2D eigenvalue weighted by Crippen LogP contribution is 2.49. The molecule has 35 heavy (non-hydrogen) atoms. The Kier molecular flexibility index (Phi) is 6.79. The molecular formula is C28H38F2N2O3. The second-order valence-corrected chi connectivity index (χ2v) is 12.0. The first kappa shape index (κ1) is 24.5. The average Bonchev–Trinajstić information content (AvgIpc) is 3.41. The maximum Gasteiger partial charge on any atom is 0.254 e. The Bertz CT molecular complexity index is 971. The number of fused-ring (bicyclic) bond motifs is 2.